The van der Waals surface area contributed by atoms with Gasteiger partial charge in [-0.2, -0.15) is 0 Å². The topological polar surface area (TPSA) is 73.4 Å². The van der Waals surface area contributed by atoms with Crippen LogP contribution in [0.2, 0.25) is 0 Å². The Balaban J connectivity index is 2.70. The van der Waals surface area contributed by atoms with Gasteiger partial charge in [-0.15, -0.1) is 10.2 Å². The third-order valence-corrected chi connectivity index (χ3v) is 2.81. The number of hydrogen-bond donors (Lipinski definition) is 1. The first kappa shape index (κ1) is 13.0. The normalized spacial score (nSPS) is 12.3. The SMILES string of the molecule is C/C=C(\C=N/C)c1cc(OC)c2nnc(N)cc2c1. The van der Waals surface area contributed by atoms with E-state index in [-0.39, 0.29) is 0 Å². The average molecular weight is 256 g/mol. The zero-order valence-electron chi connectivity index (χ0n) is 11.2. The number of allylic oxidation sites excluding steroid dienone is 2. The fourth-order valence-electron chi connectivity index (χ4n) is 1.92. The molecular weight excluding hydrogens is 240 g/mol. The number of aliphatic imine (C=N–C) groups is 1. The van der Waals surface area contributed by atoms with Gasteiger partial charge >= 0.3 is 0 Å². The van der Waals surface area contributed by atoms with Crippen molar-refractivity contribution in [3.05, 3.63) is 29.8 Å². The number of fused-ring (bicyclic) bond motifs is 1. The van der Waals surface area contributed by atoms with E-state index < -0.39 is 0 Å². The van der Waals surface area contributed by atoms with E-state index in [0.717, 1.165) is 16.5 Å². The number of ether oxygens (including phenoxy) is 1. The maximum absolute atomic E-state index is 5.68. The van der Waals surface area contributed by atoms with Gasteiger partial charge in [-0.1, -0.05) is 6.08 Å². The van der Waals surface area contributed by atoms with Crippen LogP contribution in [0.3, 0.4) is 0 Å². The van der Waals surface area contributed by atoms with Crippen molar-refractivity contribution in [2.45, 2.75) is 6.92 Å². The van der Waals surface area contributed by atoms with E-state index in [1.54, 1.807) is 26.4 Å². The van der Waals surface area contributed by atoms with Crippen molar-refractivity contribution < 1.29 is 4.74 Å². The Morgan fingerprint density at radius 2 is 2.11 bits per heavy atom. The van der Waals surface area contributed by atoms with Gasteiger partial charge in [0.1, 0.15) is 17.1 Å². The first-order valence-corrected chi connectivity index (χ1v) is 5.89. The predicted octanol–water partition coefficient (Wildman–Crippen LogP) is 2.32. The third-order valence-electron chi connectivity index (χ3n) is 2.81. The molecule has 0 unspecified atom stereocenters. The maximum atomic E-state index is 5.68. The summed E-state index contributed by atoms with van der Waals surface area (Å²) in [5.74, 6) is 1.06. The monoisotopic (exact) mass is 256 g/mol. The second-order valence-electron chi connectivity index (χ2n) is 4.02. The van der Waals surface area contributed by atoms with Gasteiger partial charge < -0.3 is 10.5 Å². The van der Waals surface area contributed by atoms with Crippen LogP contribution in [0, 0.1) is 0 Å². The summed E-state index contributed by atoms with van der Waals surface area (Å²) in [6, 6.07) is 5.70. The number of nitrogens with zero attached hydrogens (tertiary/aromatic N) is 3. The van der Waals surface area contributed by atoms with E-state index >= 15 is 0 Å². The van der Waals surface area contributed by atoms with Gasteiger partial charge in [0, 0.05) is 18.6 Å². The third kappa shape index (κ3) is 2.54. The highest BCUT2D eigenvalue weighted by molar-refractivity contribution is 6.11. The predicted molar refractivity (Wildman–Crippen MR) is 78.6 cm³/mol. The van der Waals surface area contributed by atoms with Gasteiger partial charge in [0.05, 0.1) is 7.11 Å². The van der Waals surface area contributed by atoms with Crippen molar-refractivity contribution in [2.75, 3.05) is 19.9 Å². The molecule has 0 atom stereocenters. The van der Waals surface area contributed by atoms with Crippen molar-refractivity contribution in [2.24, 2.45) is 4.99 Å². The molecule has 2 aromatic rings. The quantitative estimate of drug-likeness (QED) is 0.855. The molecule has 1 heterocycles. The van der Waals surface area contributed by atoms with Crippen LogP contribution in [0.25, 0.3) is 16.5 Å². The summed E-state index contributed by atoms with van der Waals surface area (Å²) in [5.41, 5.74) is 8.39. The Kier molecular flexibility index (Phi) is 3.75. The van der Waals surface area contributed by atoms with Crippen LogP contribution in [0.5, 0.6) is 5.75 Å². The number of anilines is 1. The molecule has 0 spiro atoms. The lowest BCUT2D eigenvalue weighted by Gasteiger charge is -2.09. The van der Waals surface area contributed by atoms with Crippen molar-refractivity contribution in [1.82, 2.24) is 10.2 Å². The first-order chi connectivity index (χ1) is 9.19. The molecule has 1 aromatic carbocycles. The van der Waals surface area contributed by atoms with Crippen molar-refractivity contribution >= 4 is 28.5 Å². The van der Waals surface area contributed by atoms with Crippen molar-refractivity contribution in [3.63, 3.8) is 0 Å². The summed E-state index contributed by atoms with van der Waals surface area (Å²) in [6.07, 6.45) is 3.80. The summed E-state index contributed by atoms with van der Waals surface area (Å²) in [6.45, 7) is 1.97. The van der Waals surface area contributed by atoms with E-state index in [0.29, 0.717) is 17.1 Å². The highest BCUT2D eigenvalue weighted by Crippen LogP contribution is 2.28. The molecule has 0 fully saturated rings. The van der Waals surface area contributed by atoms with E-state index in [2.05, 4.69) is 15.2 Å². The zero-order valence-corrected chi connectivity index (χ0v) is 11.2. The second kappa shape index (κ2) is 5.48. The minimum atomic E-state index is 0.387. The molecule has 0 aliphatic rings. The van der Waals surface area contributed by atoms with Crippen LogP contribution >= 0.6 is 0 Å². The Hall–Kier alpha value is -2.43. The molecule has 5 nitrogen and oxygen atoms in total. The second-order valence-corrected chi connectivity index (χ2v) is 4.02. The van der Waals surface area contributed by atoms with Crippen LogP contribution in [-0.4, -0.2) is 30.6 Å². The van der Waals surface area contributed by atoms with E-state index in [9.17, 15) is 0 Å². The van der Waals surface area contributed by atoms with Gasteiger partial charge in [0.25, 0.3) is 0 Å². The van der Waals surface area contributed by atoms with Crippen molar-refractivity contribution in [1.29, 1.82) is 0 Å². The number of nitrogens with two attached hydrogens (primary N) is 1. The molecule has 98 valence electrons. The molecular formula is C14H16N4O. The molecule has 0 aliphatic carbocycles. The smallest absolute Gasteiger partial charge is 0.147 e. The van der Waals surface area contributed by atoms with Gasteiger partial charge in [-0.25, -0.2) is 0 Å². The average Bonchev–Trinajstić information content (AvgIpc) is 2.43. The zero-order chi connectivity index (χ0) is 13.8. The minimum absolute atomic E-state index is 0.387. The standard InChI is InChI=1S/C14H16N4O/c1-4-9(8-16-2)10-5-11-7-13(15)17-18-14(11)12(6-10)19-3/h4-8H,1-3H3,(H2,15,17)/b9-4+,16-8-. The fourth-order valence-corrected chi connectivity index (χ4v) is 1.92. The Morgan fingerprint density at radius 3 is 2.74 bits per heavy atom. The number of nitrogen functional groups attached to an aromatic ring is 1. The Bertz CT molecular complexity index is 662. The number of aromatic nitrogens is 2. The summed E-state index contributed by atoms with van der Waals surface area (Å²) < 4.78 is 5.37. The molecule has 0 bridgehead atoms. The van der Waals surface area contributed by atoms with Gasteiger partial charge in [-0.05, 0) is 36.3 Å². The lowest BCUT2D eigenvalue weighted by molar-refractivity contribution is 0.418. The lowest BCUT2D eigenvalue weighted by Crippen LogP contribution is -1.97. The molecule has 0 aliphatic heterocycles. The van der Waals surface area contributed by atoms with E-state index in [1.165, 1.54) is 0 Å². The number of methoxy groups -OCH3 is 1. The Morgan fingerprint density at radius 1 is 1.32 bits per heavy atom. The van der Waals surface area contributed by atoms with Gasteiger partial charge in [0.15, 0.2) is 0 Å². The number of benzene rings is 1. The highest BCUT2D eigenvalue weighted by Gasteiger charge is 2.09. The van der Waals surface area contributed by atoms with Crippen LogP contribution in [0.4, 0.5) is 5.82 Å². The van der Waals surface area contributed by atoms with Crippen LogP contribution in [-0.2, 0) is 0 Å². The molecule has 2 rings (SSSR count). The Labute approximate surface area is 111 Å². The number of hydrogen-bond acceptors (Lipinski definition) is 5. The molecule has 5 heteroatoms. The highest BCUT2D eigenvalue weighted by atomic mass is 16.5. The van der Waals surface area contributed by atoms with Gasteiger partial charge in [-0.3, -0.25) is 4.99 Å². The molecule has 2 N–H and O–H groups in total. The first-order valence-electron chi connectivity index (χ1n) is 5.89. The number of rotatable bonds is 3. The molecule has 1 aromatic heterocycles. The van der Waals surface area contributed by atoms with E-state index in [4.69, 9.17) is 10.5 Å². The summed E-state index contributed by atoms with van der Waals surface area (Å²) in [4.78, 5) is 4.05. The largest absolute Gasteiger partial charge is 0.494 e. The van der Waals surface area contributed by atoms with Crippen LogP contribution in [0.1, 0.15) is 12.5 Å². The molecule has 0 saturated heterocycles. The van der Waals surface area contributed by atoms with E-state index in [1.807, 2.05) is 25.1 Å². The molecule has 19 heavy (non-hydrogen) atoms. The van der Waals surface area contributed by atoms with Crippen LogP contribution < -0.4 is 10.5 Å². The van der Waals surface area contributed by atoms with Crippen molar-refractivity contribution in [3.8, 4) is 5.75 Å². The summed E-state index contributed by atoms with van der Waals surface area (Å²) >= 11 is 0. The summed E-state index contributed by atoms with van der Waals surface area (Å²) in [7, 11) is 3.35. The molecule has 0 saturated carbocycles. The molecule has 0 radical (unpaired) electrons. The summed E-state index contributed by atoms with van der Waals surface area (Å²) in [5, 5.41) is 8.82. The van der Waals surface area contributed by atoms with Crippen LogP contribution in [0.15, 0.2) is 29.3 Å². The molecule has 0 amide bonds. The lowest BCUT2D eigenvalue weighted by atomic mass is 10.0. The minimum Gasteiger partial charge on any atom is -0.494 e. The maximum Gasteiger partial charge on any atom is 0.147 e. The van der Waals surface area contributed by atoms with Gasteiger partial charge in [0.2, 0.25) is 0 Å². The fraction of sp³-hybridized carbons (Fsp3) is 0.214.